The first kappa shape index (κ1) is 81.3. The van der Waals surface area contributed by atoms with Crippen LogP contribution in [-0.4, -0.2) is 121 Å². The van der Waals surface area contributed by atoms with E-state index in [4.69, 9.17) is 19.7 Å². The second-order valence-corrected chi connectivity index (χ2v) is 34.1. The van der Waals surface area contributed by atoms with Crippen LogP contribution < -0.4 is 20.5 Å². The van der Waals surface area contributed by atoms with Crippen molar-refractivity contribution in [3.63, 3.8) is 0 Å². The highest BCUT2D eigenvalue weighted by Gasteiger charge is 2.45. The number of aromatic carboxylic acids is 1. The fourth-order valence-corrected chi connectivity index (χ4v) is 13.1. The van der Waals surface area contributed by atoms with Crippen LogP contribution in [0.1, 0.15) is 212 Å². The lowest BCUT2D eigenvalue weighted by atomic mass is 9.91. The molecule has 23 nitrogen and oxygen atoms in total. The van der Waals surface area contributed by atoms with E-state index in [1.165, 1.54) is 42.5 Å². The van der Waals surface area contributed by atoms with E-state index in [0.29, 0.717) is 58.0 Å². The number of carboxylic acid groups (broad SMARTS) is 1. The molecule has 6 aromatic heterocycles. The van der Waals surface area contributed by atoms with Gasteiger partial charge in [-0.15, -0.1) is 0 Å². The summed E-state index contributed by atoms with van der Waals surface area (Å²) in [4.78, 5) is 77.8. The number of primary sulfonamides is 1. The number of hydrogen-bond donors (Lipinski definition) is 5. The standard InChI is InChI=1S/C34H44BrFN6O5S.C24H34BrN5O4S.C10H12FNO2.CH4/c1-32(2,3)25-18-16-22(29(36)39-25)30(43)41-48(45,46)28-14-10-13-27(40-28)38-24(23-11-9-12-26(35)37-23)17-15-21-19-34(7,8)42(20-21)31(44)47-33(4,5)6;1-23(2,3)34-22(31)30-15-16(14-24(30,4)5)12-13-18(17-8-6-9-19(25)27-17)28-20-10-7-11-21(29-20)35(26,32)33;1-10(2,3)7-5-4-6(9(13)14)8(11)12-7;/h9-14,16,18,21,24H,15,17,19-20H2,1-8H3,(H,38,40)(H,41,43);6-11,16,18H,12-15H2,1-5H3,(H,28,29)(H2,26,32,33);4-5H,1-3H3,(H,13,14);1H4/t21-,24?;16-,18?;;/m00../s1. The molecule has 2 aliphatic rings. The van der Waals surface area contributed by atoms with Gasteiger partial charge in [0.2, 0.25) is 11.9 Å². The number of amides is 3. The minimum Gasteiger partial charge on any atom is -0.478 e. The Morgan fingerprint density at radius 2 is 0.959 bits per heavy atom. The third-order valence-corrected chi connectivity index (χ3v) is 18.6. The maximum absolute atomic E-state index is 14.7. The van der Waals surface area contributed by atoms with Crippen molar-refractivity contribution in [1.82, 2.24) is 44.4 Å². The quantitative estimate of drug-likeness (QED) is 0.0530. The Kier molecular flexibility index (Phi) is 26.8. The Morgan fingerprint density at radius 3 is 1.32 bits per heavy atom. The molecule has 3 amide bonds. The minimum absolute atomic E-state index is 0. The molecule has 0 spiro atoms. The molecule has 4 atom stereocenters. The molecule has 6 N–H and O–H groups in total. The molecular formula is C69H94Br2F2N12O11S2. The van der Waals surface area contributed by atoms with Crippen molar-refractivity contribution in [2.75, 3.05) is 23.7 Å². The van der Waals surface area contributed by atoms with E-state index in [9.17, 15) is 44.8 Å². The molecule has 0 aliphatic carbocycles. The summed E-state index contributed by atoms with van der Waals surface area (Å²) in [5.74, 6) is -3.35. The average molecular weight is 1530 g/mol. The van der Waals surface area contributed by atoms with Crippen molar-refractivity contribution in [2.24, 2.45) is 17.0 Å². The molecule has 0 aromatic carbocycles. The van der Waals surface area contributed by atoms with E-state index >= 15 is 0 Å². The normalized spacial score (nSPS) is 16.7. The number of ether oxygens (including phenoxy) is 2. The summed E-state index contributed by atoms with van der Waals surface area (Å²) in [6, 6.07) is 25.1. The number of nitrogens with one attached hydrogen (secondary N) is 3. The SMILES string of the molecule is C.CC(C)(C)OC(=O)N1C[C@@H](CCC(Nc2cccc(S(=O)(=O)NC(=O)c3ccc(C(C)(C)C)nc3F)n2)c2cccc(Br)n2)CC1(C)C.CC(C)(C)OC(=O)N1C[C@@H](CCC(Nc2cccc(S(N)(=O)=O)n2)c2cccc(Br)n2)CC1(C)C.CC(C)(C)c1ccc(C(=O)O)c(F)n1. The number of halogens is 4. The van der Waals surface area contributed by atoms with Crippen molar-refractivity contribution in [1.29, 1.82) is 0 Å². The largest absolute Gasteiger partial charge is 0.478 e. The lowest BCUT2D eigenvalue weighted by Gasteiger charge is -2.33. The lowest BCUT2D eigenvalue weighted by molar-refractivity contribution is 0.0118. The topological polar surface area (TPSA) is 321 Å². The number of carbonyl (C=O) groups is 4. The van der Waals surface area contributed by atoms with E-state index in [1.54, 1.807) is 23.1 Å². The Hall–Kier alpha value is -7.34. The van der Waals surface area contributed by atoms with Gasteiger partial charge in [-0.05, 0) is 224 Å². The molecule has 2 aliphatic heterocycles. The number of nitrogens with zero attached hydrogens (tertiary/aromatic N) is 8. The zero-order valence-corrected chi connectivity index (χ0v) is 62.5. The number of carboxylic acids is 1. The highest BCUT2D eigenvalue weighted by atomic mass is 79.9. The second-order valence-electron chi connectivity index (χ2n) is 29.3. The highest BCUT2D eigenvalue weighted by molar-refractivity contribution is 9.10. The van der Waals surface area contributed by atoms with Gasteiger partial charge in [-0.3, -0.25) is 4.79 Å². The molecule has 2 saturated heterocycles. The van der Waals surface area contributed by atoms with Crippen LogP contribution >= 0.6 is 31.9 Å². The van der Waals surface area contributed by atoms with Crippen molar-refractivity contribution < 1.29 is 59.4 Å². The number of anilines is 2. The summed E-state index contributed by atoms with van der Waals surface area (Å²) in [6.07, 6.45) is 3.85. The number of likely N-dealkylation sites (tertiary alicyclic amines) is 2. The lowest BCUT2D eigenvalue weighted by Crippen LogP contribution is -2.45. The fraction of sp³-hybridized carbons (Fsp3) is 0.507. The van der Waals surface area contributed by atoms with E-state index in [2.05, 4.69) is 86.2 Å². The Balaban J connectivity index is 0.000000302. The van der Waals surface area contributed by atoms with Gasteiger partial charge in [-0.1, -0.05) is 73.2 Å². The van der Waals surface area contributed by atoms with Crippen molar-refractivity contribution in [3.8, 4) is 0 Å². The summed E-state index contributed by atoms with van der Waals surface area (Å²) in [5, 5.41) is 19.8. The summed E-state index contributed by atoms with van der Waals surface area (Å²) >= 11 is 6.86. The van der Waals surface area contributed by atoms with E-state index < -0.39 is 76.6 Å². The predicted octanol–water partition coefficient (Wildman–Crippen LogP) is 14.9. The van der Waals surface area contributed by atoms with Crippen LogP contribution in [-0.2, 0) is 40.4 Å². The van der Waals surface area contributed by atoms with Crippen LogP contribution in [0.4, 0.5) is 30.0 Å². The van der Waals surface area contributed by atoms with E-state index in [-0.39, 0.29) is 70.9 Å². The summed E-state index contributed by atoms with van der Waals surface area (Å²) < 4.78 is 92.3. The number of sulfonamides is 2. The molecule has 8 rings (SSSR count). The molecule has 2 fully saturated rings. The van der Waals surface area contributed by atoms with Gasteiger partial charge in [0.15, 0.2) is 10.1 Å². The number of rotatable bonds is 17. The zero-order chi connectivity index (χ0) is 72.6. The molecule has 98 heavy (non-hydrogen) atoms. The summed E-state index contributed by atoms with van der Waals surface area (Å²) in [6.45, 7) is 31.7. The van der Waals surface area contributed by atoms with Gasteiger partial charge < -0.3 is 35.0 Å². The highest BCUT2D eigenvalue weighted by Crippen LogP contribution is 2.40. The van der Waals surface area contributed by atoms with Crippen LogP contribution in [0.15, 0.2) is 116 Å². The Bertz CT molecular complexity index is 4050. The molecule has 0 bridgehead atoms. The van der Waals surface area contributed by atoms with Crippen molar-refractivity contribution in [2.45, 2.75) is 212 Å². The molecule has 0 radical (unpaired) electrons. The molecular weight excluding hydrogens is 1430 g/mol. The number of pyridine rings is 6. The van der Waals surface area contributed by atoms with Crippen LogP contribution in [0, 0.1) is 23.7 Å². The van der Waals surface area contributed by atoms with Crippen molar-refractivity contribution >= 4 is 87.6 Å². The van der Waals surface area contributed by atoms with Gasteiger partial charge in [0.25, 0.3) is 26.0 Å². The molecule has 2 unspecified atom stereocenters. The van der Waals surface area contributed by atoms with E-state index in [0.717, 1.165) is 31.4 Å². The molecule has 29 heteroatoms. The molecule has 6 aromatic rings. The summed E-state index contributed by atoms with van der Waals surface area (Å²) in [5.41, 5.74) is -1.01. The molecule has 536 valence electrons. The molecule has 8 heterocycles. The summed E-state index contributed by atoms with van der Waals surface area (Å²) in [7, 11) is -8.40. The third kappa shape index (κ3) is 23.7. The van der Waals surface area contributed by atoms with Gasteiger partial charge in [-0.25, -0.2) is 62.6 Å². The molecule has 0 saturated carbocycles. The van der Waals surface area contributed by atoms with Crippen LogP contribution in [0.25, 0.3) is 0 Å². The van der Waals surface area contributed by atoms with Gasteiger partial charge in [0.05, 0.1) is 29.0 Å². The number of hydrogen-bond acceptors (Lipinski definition) is 18. The minimum atomic E-state index is -4.48. The number of aromatic nitrogens is 6. The van der Waals surface area contributed by atoms with Gasteiger partial charge in [0.1, 0.15) is 37.6 Å². The van der Waals surface area contributed by atoms with Crippen LogP contribution in [0.2, 0.25) is 0 Å². The fourth-order valence-electron chi connectivity index (χ4n) is 11.0. The van der Waals surface area contributed by atoms with Crippen LogP contribution in [0.3, 0.4) is 0 Å². The van der Waals surface area contributed by atoms with Gasteiger partial charge >= 0.3 is 18.2 Å². The smallest absolute Gasteiger partial charge is 0.410 e. The van der Waals surface area contributed by atoms with Crippen LogP contribution in [0.5, 0.6) is 0 Å². The van der Waals surface area contributed by atoms with E-state index in [1.807, 2.05) is 143 Å². The number of nitrogens with two attached hydrogens (primary N) is 1. The number of carbonyl (C=O) groups excluding carboxylic acids is 3. The third-order valence-electron chi connectivity index (χ3n) is 15.7. The maximum atomic E-state index is 14.7. The first-order valence-electron chi connectivity index (χ1n) is 31.5. The average Bonchev–Trinajstić information content (AvgIpc) is 1.59. The first-order valence-corrected chi connectivity index (χ1v) is 36.1. The zero-order valence-electron chi connectivity index (χ0n) is 57.7. The Labute approximate surface area is 592 Å². The second kappa shape index (κ2) is 32.3. The maximum Gasteiger partial charge on any atom is 0.410 e. The van der Waals surface area contributed by atoms with Crippen molar-refractivity contribution in [3.05, 3.63) is 152 Å². The monoisotopic (exact) mass is 1530 g/mol. The van der Waals surface area contributed by atoms with Gasteiger partial charge in [0, 0.05) is 46.4 Å². The Morgan fingerprint density at radius 1 is 0.582 bits per heavy atom. The van der Waals surface area contributed by atoms with Gasteiger partial charge in [-0.2, -0.15) is 17.2 Å². The predicted molar refractivity (Wildman–Crippen MR) is 379 cm³/mol. The first-order chi connectivity index (χ1) is 44.6.